The predicted octanol–water partition coefficient (Wildman–Crippen LogP) is 2.53. The van der Waals surface area contributed by atoms with Crippen molar-refractivity contribution >= 4 is 23.0 Å². The number of Topliss-reactive ketones (excluding diaryl/α,β-unsaturated/α-hetero) is 1. The molecule has 5 heteroatoms. The van der Waals surface area contributed by atoms with Gasteiger partial charge in [-0.15, -0.1) is 11.3 Å². The second-order valence-electron chi connectivity index (χ2n) is 4.24. The van der Waals surface area contributed by atoms with Gasteiger partial charge in [-0.2, -0.15) is 0 Å². The summed E-state index contributed by atoms with van der Waals surface area (Å²) in [5, 5.41) is 4.45. The molecule has 1 aromatic heterocycles. The highest BCUT2D eigenvalue weighted by Crippen LogP contribution is 2.06. The maximum atomic E-state index is 12.0. The molecule has 98 valence electrons. The van der Waals surface area contributed by atoms with Gasteiger partial charge in [-0.1, -0.05) is 30.3 Å². The Morgan fingerprint density at radius 1 is 1.32 bits per heavy atom. The first-order valence-electron chi connectivity index (χ1n) is 5.94. The molecule has 2 aromatic rings. The predicted molar refractivity (Wildman–Crippen MR) is 74.4 cm³/mol. The van der Waals surface area contributed by atoms with E-state index in [1.165, 1.54) is 11.3 Å². The van der Waals surface area contributed by atoms with Gasteiger partial charge in [0.25, 0.3) is 5.91 Å². The third-order valence-corrected chi connectivity index (χ3v) is 3.22. The smallest absolute Gasteiger partial charge is 0.270 e. The van der Waals surface area contributed by atoms with Crippen molar-refractivity contribution in [1.29, 1.82) is 0 Å². The number of carbonyl (C=O) groups is 2. The number of rotatable bonds is 5. The molecule has 0 aliphatic heterocycles. The maximum absolute atomic E-state index is 12.0. The minimum Gasteiger partial charge on any atom is -0.348 e. The molecule has 1 aromatic carbocycles. The first-order chi connectivity index (χ1) is 9.16. The van der Waals surface area contributed by atoms with Crippen LogP contribution in [-0.4, -0.2) is 22.7 Å². The third kappa shape index (κ3) is 3.72. The van der Waals surface area contributed by atoms with Crippen molar-refractivity contribution in [3.05, 3.63) is 52.5 Å². The van der Waals surface area contributed by atoms with Crippen molar-refractivity contribution in [3.63, 3.8) is 0 Å². The van der Waals surface area contributed by atoms with Crippen molar-refractivity contribution in [2.45, 2.75) is 19.4 Å². The number of aromatic nitrogens is 1. The van der Waals surface area contributed by atoms with Gasteiger partial charge in [0, 0.05) is 23.4 Å². The fourth-order valence-electron chi connectivity index (χ4n) is 1.69. The van der Waals surface area contributed by atoms with Crippen LogP contribution in [0.3, 0.4) is 0 Å². The number of benzene rings is 1. The second kappa shape index (κ2) is 6.24. The molecular formula is C14H14N2O2S. The summed E-state index contributed by atoms with van der Waals surface area (Å²) in [6, 6.07) is 8.85. The molecule has 0 aliphatic carbocycles. The summed E-state index contributed by atoms with van der Waals surface area (Å²) in [6.07, 6.45) is 0.278. The van der Waals surface area contributed by atoms with Crippen molar-refractivity contribution in [2.24, 2.45) is 0 Å². The lowest BCUT2D eigenvalue weighted by molar-refractivity contribution is 0.0915. The van der Waals surface area contributed by atoms with Crippen molar-refractivity contribution in [3.8, 4) is 0 Å². The van der Waals surface area contributed by atoms with Crippen molar-refractivity contribution in [1.82, 2.24) is 10.3 Å². The number of nitrogens with one attached hydrogen (secondary N) is 1. The molecule has 0 radical (unpaired) electrons. The standard InChI is InChI=1S/C14H14N2O2S/c1-10(16-14(18)12-8-19-9-15-12)7-13(17)11-5-3-2-4-6-11/h2-6,8-10H,7H2,1H3,(H,16,18)/t10-/m1/s1. The Morgan fingerprint density at radius 3 is 2.68 bits per heavy atom. The summed E-state index contributed by atoms with van der Waals surface area (Å²) in [4.78, 5) is 27.6. The Kier molecular flexibility index (Phi) is 4.41. The molecule has 1 heterocycles. The van der Waals surface area contributed by atoms with Crippen molar-refractivity contribution < 1.29 is 9.59 Å². The topological polar surface area (TPSA) is 59.1 Å². The highest BCUT2D eigenvalue weighted by molar-refractivity contribution is 7.07. The van der Waals surface area contributed by atoms with Gasteiger partial charge in [0.15, 0.2) is 5.78 Å². The normalized spacial score (nSPS) is 11.8. The first-order valence-corrected chi connectivity index (χ1v) is 6.88. The Labute approximate surface area is 115 Å². The van der Waals surface area contributed by atoms with Crippen LogP contribution >= 0.6 is 11.3 Å². The highest BCUT2D eigenvalue weighted by Gasteiger charge is 2.15. The van der Waals surface area contributed by atoms with Crippen LogP contribution in [-0.2, 0) is 0 Å². The van der Waals surface area contributed by atoms with E-state index in [0.29, 0.717) is 11.3 Å². The minimum atomic E-state index is -0.241. The SMILES string of the molecule is C[C@H](CC(=O)c1ccccc1)NC(=O)c1cscn1. The lowest BCUT2D eigenvalue weighted by Gasteiger charge is -2.12. The zero-order chi connectivity index (χ0) is 13.7. The van der Waals surface area contributed by atoms with E-state index in [1.54, 1.807) is 23.0 Å². The summed E-state index contributed by atoms with van der Waals surface area (Å²) in [6.45, 7) is 1.81. The van der Waals surface area contributed by atoms with E-state index in [1.807, 2.05) is 25.1 Å². The van der Waals surface area contributed by atoms with Gasteiger partial charge in [-0.05, 0) is 6.92 Å². The van der Waals surface area contributed by atoms with Gasteiger partial charge >= 0.3 is 0 Å². The number of nitrogens with zero attached hydrogens (tertiary/aromatic N) is 1. The van der Waals surface area contributed by atoms with Gasteiger partial charge < -0.3 is 5.32 Å². The highest BCUT2D eigenvalue weighted by atomic mass is 32.1. The average Bonchev–Trinajstić information content (AvgIpc) is 2.93. The molecule has 0 unspecified atom stereocenters. The lowest BCUT2D eigenvalue weighted by atomic mass is 10.0. The molecule has 0 spiro atoms. The first kappa shape index (κ1) is 13.4. The van der Waals surface area contributed by atoms with Gasteiger partial charge in [0.05, 0.1) is 5.51 Å². The van der Waals surface area contributed by atoms with Gasteiger partial charge in [0.1, 0.15) is 5.69 Å². The zero-order valence-corrected chi connectivity index (χ0v) is 11.3. The molecule has 2 rings (SSSR count). The number of carbonyl (C=O) groups excluding carboxylic acids is 2. The van der Waals surface area contributed by atoms with Crippen LogP contribution < -0.4 is 5.32 Å². The lowest BCUT2D eigenvalue weighted by Crippen LogP contribution is -2.34. The Bertz CT molecular complexity index is 552. The van der Waals surface area contributed by atoms with Gasteiger partial charge in [-0.25, -0.2) is 4.98 Å². The Hall–Kier alpha value is -2.01. The summed E-state index contributed by atoms with van der Waals surface area (Å²) < 4.78 is 0. The number of thiazole rings is 1. The Balaban J connectivity index is 1.90. The second-order valence-corrected chi connectivity index (χ2v) is 4.96. The molecular weight excluding hydrogens is 260 g/mol. The van der Waals surface area contributed by atoms with Crippen LogP contribution in [0.5, 0.6) is 0 Å². The minimum absolute atomic E-state index is 0.0201. The van der Waals surface area contributed by atoms with Gasteiger partial charge in [-0.3, -0.25) is 9.59 Å². The summed E-state index contributed by atoms with van der Waals surface area (Å²) in [5.74, 6) is -0.221. The molecule has 0 fully saturated rings. The van der Waals surface area contributed by atoms with Crippen LogP contribution in [0.25, 0.3) is 0 Å². The molecule has 0 saturated heterocycles. The molecule has 1 amide bonds. The molecule has 0 aliphatic rings. The van der Waals surface area contributed by atoms with Crippen LogP contribution in [0, 0.1) is 0 Å². The van der Waals surface area contributed by atoms with Crippen LogP contribution in [0.4, 0.5) is 0 Å². The summed E-state index contributed by atoms with van der Waals surface area (Å²) in [7, 11) is 0. The van der Waals surface area contributed by atoms with E-state index in [2.05, 4.69) is 10.3 Å². The Morgan fingerprint density at radius 2 is 2.05 bits per heavy atom. The van der Waals surface area contributed by atoms with Gasteiger partial charge in [0.2, 0.25) is 0 Å². The quantitative estimate of drug-likeness (QED) is 0.852. The van der Waals surface area contributed by atoms with E-state index in [-0.39, 0.29) is 24.2 Å². The van der Waals surface area contributed by atoms with Crippen LogP contribution in [0.2, 0.25) is 0 Å². The largest absolute Gasteiger partial charge is 0.348 e. The molecule has 19 heavy (non-hydrogen) atoms. The number of hydrogen-bond donors (Lipinski definition) is 1. The van der Waals surface area contributed by atoms with Crippen molar-refractivity contribution in [2.75, 3.05) is 0 Å². The monoisotopic (exact) mass is 274 g/mol. The molecule has 4 nitrogen and oxygen atoms in total. The average molecular weight is 274 g/mol. The maximum Gasteiger partial charge on any atom is 0.270 e. The third-order valence-electron chi connectivity index (χ3n) is 2.63. The summed E-state index contributed by atoms with van der Waals surface area (Å²) in [5.41, 5.74) is 2.66. The number of amides is 1. The van der Waals surface area contributed by atoms with E-state index in [0.717, 1.165) is 0 Å². The number of hydrogen-bond acceptors (Lipinski definition) is 4. The van der Waals surface area contributed by atoms with E-state index in [4.69, 9.17) is 0 Å². The van der Waals surface area contributed by atoms with Crippen LogP contribution in [0.1, 0.15) is 34.2 Å². The molecule has 1 N–H and O–H groups in total. The fourth-order valence-corrected chi connectivity index (χ4v) is 2.23. The molecule has 0 saturated carbocycles. The molecule has 1 atom stereocenters. The molecule has 0 bridgehead atoms. The van der Waals surface area contributed by atoms with Crippen LogP contribution in [0.15, 0.2) is 41.2 Å². The number of ketones is 1. The zero-order valence-electron chi connectivity index (χ0n) is 10.5. The summed E-state index contributed by atoms with van der Waals surface area (Å²) >= 11 is 1.37. The fraction of sp³-hybridized carbons (Fsp3) is 0.214. The van der Waals surface area contributed by atoms with E-state index in [9.17, 15) is 9.59 Å². The van der Waals surface area contributed by atoms with E-state index >= 15 is 0 Å². The van der Waals surface area contributed by atoms with E-state index < -0.39 is 0 Å².